The van der Waals surface area contributed by atoms with Crippen LogP contribution in [0.2, 0.25) is 0 Å². The highest BCUT2D eigenvalue weighted by Crippen LogP contribution is 2.35. The SMILES string of the molecule is O=C(O)c1ccc(C(=O)N[C@@H]2C[C@@H](Oc3ccccc3F)[C@H](O)[C@H]2N2CCC(F)(F)CC2)cc1. The number of aromatic carboxylic acids is 1. The minimum atomic E-state index is -2.78. The van der Waals surface area contributed by atoms with Crippen molar-refractivity contribution in [3.63, 3.8) is 0 Å². The number of likely N-dealkylation sites (tertiary alicyclic amines) is 1. The third-order valence-electron chi connectivity index (χ3n) is 6.41. The van der Waals surface area contributed by atoms with Crippen LogP contribution in [0.5, 0.6) is 5.75 Å². The first kappa shape index (κ1) is 24.0. The normalized spacial score (nSPS) is 26.7. The summed E-state index contributed by atoms with van der Waals surface area (Å²) in [5.41, 5.74) is 0.236. The molecule has 0 bridgehead atoms. The number of aliphatic hydroxyl groups excluding tert-OH is 1. The van der Waals surface area contributed by atoms with Crippen molar-refractivity contribution in [3.8, 4) is 5.75 Å². The lowest BCUT2D eigenvalue weighted by atomic mass is 10.0. The zero-order valence-corrected chi connectivity index (χ0v) is 18.2. The summed E-state index contributed by atoms with van der Waals surface area (Å²) in [5.74, 6) is -5.07. The van der Waals surface area contributed by atoms with Gasteiger partial charge in [-0.15, -0.1) is 0 Å². The van der Waals surface area contributed by atoms with E-state index in [1.165, 1.54) is 42.5 Å². The van der Waals surface area contributed by atoms with Crippen LogP contribution in [0.1, 0.15) is 40.0 Å². The molecule has 7 nitrogen and oxygen atoms in total. The van der Waals surface area contributed by atoms with E-state index in [0.717, 1.165) is 0 Å². The van der Waals surface area contributed by atoms with Gasteiger partial charge in [0.1, 0.15) is 12.2 Å². The van der Waals surface area contributed by atoms with E-state index >= 15 is 0 Å². The van der Waals surface area contributed by atoms with Crippen molar-refractivity contribution in [2.75, 3.05) is 13.1 Å². The predicted octanol–water partition coefficient (Wildman–Crippen LogP) is 2.93. The van der Waals surface area contributed by atoms with Gasteiger partial charge in [-0.25, -0.2) is 18.0 Å². The maximum Gasteiger partial charge on any atom is 0.335 e. The van der Waals surface area contributed by atoms with Crippen LogP contribution in [-0.4, -0.2) is 70.3 Å². The number of carboxylic acids is 1. The van der Waals surface area contributed by atoms with Crippen LogP contribution < -0.4 is 10.1 Å². The molecule has 2 aliphatic rings. The number of hydrogen-bond donors (Lipinski definition) is 3. The molecule has 0 unspecified atom stereocenters. The fourth-order valence-electron chi connectivity index (χ4n) is 4.59. The largest absolute Gasteiger partial charge is 0.485 e. The van der Waals surface area contributed by atoms with Crippen molar-refractivity contribution in [2.24, 2.45) is 0 Å². The number of halogens is 3. The molecule has 0 radical (unpaired) electrons. The van der Waals surface area contributed by atoms with Gasteiger partial charge in [0.15, 0.2) is 11.6 Å². The van der Waals surface area contributed by atoms with E-state index < -0.39 is 47.9 Å². The summed E-state index contributed by atoms with van der Waals surface area (Å²) in [6.45, 7) is 0.0572. The lowest BCUT2D eigenvalue weighted by Crippen LogP contribution is -2.56. The molecule has 34 heavy (non-hydrogen) atoms. The number of benzene rings is 2. The molecule has 2 aromatic carbocycles. The van der Waals surface area contributed by atoms with Crippen LogP contribution in [0.3, 0.4) is 0 Å². The summed E-state index contributed by atoms with van der Waals surface area (Å²) in [4.78, 5) is 25.6. The zero-order chi connectivity index (χ0) is 24.5. The molecular formula is C24H25F3N2O5. The van der Waals surface area contributed by atoms with Crippen molar-refractivity contribution >= 4 is 11.9 Å². The predicted molar refractivity (Wildman–Crippen MR) is 116 cm³/mol. The number of carbonyl (C=O) groups is 2. The molecular weight excluding hydrogens is 453 g/mol. The first-order valence-corrected chi connectivity index (χ1v) is 11.0. The average Bonchev–Trinajstić information content (AvgIpc) is 3.10. The van der Waals surface area contributed by atoms with Crippen molar-refractivity contribution in [3.05, 3.63) is 65.5 Å². The topological polar surface area (TPSA) is 99.1 Å². The van der Waals surface area contributed by atoms with E-state index in [2.05, 4.69) is 5.32 Å². The third kappa shape index (κ3) is 5.18. The Hall–Kier alpha value is -3.11. The van der Waals surface area contributed by atoms with E-state index in [9.17, 15) is 27.9 Å². The number of carboxylic acid groups (broad SMARTS) is 1. The van der Waals surface area contributed by atoms with Crippen molar-refractivity contribution in [2.45, 2.75) is 49.5 Å². The van der Waals surface area contributed by atoms with Crippen LogP contribution in [0.4, 0.5) is 13.2 Å². The second-order valence-electron chi connectivity index (χ2n) is 8.66. The minimum absolute atomic E-state index is 0.0262. The number of nitrogens with one attached hydrogen (secondary N) is 1. The Bertz CT molecular complexity index is 1040. The summed E-state index contributed by atoms with van der Waals surface area (Å²) < 4.78 is 47.3. The molecule has 0 spiro atoms. The standard InChI is InChI=1S/C24H25F3N2O5/c25-16-3-1-2-4-18(16)34-19-13-17(20(21(19)30)29-11-9-24(26,27)10-12-29)28-22(31)14-5-7-15(8-6-14)23(32)33/h1-8,17,19-21,30H,9-13H2,(H,28,31)(H,32,33)/t17-,19-,20+,21+/m1/s1. The molecule has 1 heterocycles. The number of carbonyl (C=O) groups excluding carboxylic acids is 1. The maximum absolute atomic E-state index is 14.1. The Labute approximate surface area is 194 Å². The summed E-state index contributed by atoms with van der Waals surface area (Å²) in [7, 11) is 0. The maximum atomic E-state index is 14.1. The number of piperidine rings is 1. The summed E-state index contributed by atoms with van der Waals surface area (Å²) in [5, 5.41) is 22.9. The lowest BCUT2D eigenvalue weighted by Gasteiger charge is -2.39. The summed E-state index contributed by atoms with van der Waals surface area (Å²) in [6.07, 6.45) is -2.64. The van der Waals surface area contributed by atoms with Gasteiger partial charge < -0.3 is 20.3 Å². The molecule has 4 rings (SSSR count). The van der Waals surface area contributed by atoms with E-state index in [1.54, 1.807) is 11.0 Å². The molecule has 1 saturated heterocycles. The Morgan fingerprint density at radius 3 is 2.26 bits per heavy atom. The van der Waals surface area contributed by atoms with Gasteiger partial charge in [0.25, 0.3) is 11.8 Å². The molecule has 182 valence electrons. The zero-order valence-electron chi connectivity index (χ0n) is 18.2. The molecule has 4 atom stereocenters. The van der Waals surface area contributed by atoms with Gasteiger partial charge in [-0.05, 0) is 36.4 Å². The van der Waals surface area contributed by atoms with Gasteiger partial charge in [-0.1, -0.05) is 12.1 Å². The highest BCUT2D eigenvalue weighted by molar-refractivity contribution is 5.96. The molecule has 1 amide bonds. The first-order valence-electron chi connectivity index (χ1n) is 11.0. The van der Waals surface area contributed by atoms with Crippen LogP contribution in [0, 0.1) is 5.82 Å². The lowest BCUT2D eigenvalue weighted by molar-refractivity contribution is -0.0788. The number of amides is 1. The van der Waals surface area contributed by atoms with Gasteiger partial charge in [0.2, 0.25) is 0 Å². The van der Waals surface area contributed by atoms with E-state index in [4.69, 9.17) is 9.84 Å². The molecule has 10 heteroatoms. The first-order chi connectivity index (χ1) is 16.1. The van der Waals surface area contributed by atoms with Gasteiger partial charge in [0.05, 0.1) is 17.6 Å². The third-order valence-corrected chi connectivity index (χ3v) is 6.41. The summed E-state index contributed by atoms with van der Waals surface area (Å²) >= 11 is 0. The number of alkyl halides is 2. The van der Waals surface area contributed by atoms with Gasteiger partial charge >= 0.3 is 5.97 Å². The number of rotatable bonds is 6. The average molecular weight is 478 g/mol. The molecule has 1 aliphatic carbocycles. The number of nitrogens with zero attached hydrogens (tertiary/aromatic N) is 1. The molecule has 3 N–H and O–H groups in total. The van der Waals surface area contributed by atoms with Gasteiger partial charge in [-0.3, -0.25) is 9.69 Å². The van der Waals surface area contributed by atoms with Crippen LogP contribution >= 0.6 is 0 Å². The van der Waals surface area contributed by atoms with Crippen molar-refractivity contribution < 1.29 is 37.7 Å². The smallest absolute Gasteiger partial charge is 0.335 e. The summed E-state index contributed by atoms with van der Waals surface area (Å²) in [6, 6.07) is 9.70. The Morgan fingerprint density at radius 2 is 1.65 bits per heavy atom. The van der Waals surface area contributed by atoms with Crippen LogP contribution in [-0.2, 0) is 0 Å². The second-order valence-corrected chi connectivity index (χ2v) is 8.66. The number of hydrogen-bond acceptors (Lipinski definition) is 5. The molecule has 1 saturated carbocycles. The Morgan fingerprint density at radius 1 is 1.03 bits per heavy atom. The van der Waals surface area contributed by atoms with E-state index in [1.807, 2.05) is 0 Å². The van der Waals surface area contributed by atoms with Crippen molar-refractivity contribution in [1.82, 2.24) is 10.2 Å². The minimum Gasteiger partial charge on any atom is -0.485 e. The molecule has 2 aromatic rings. The van der Waals surface area contributed by atoms with E-state index in [-0.39, 0.29) is 49.2 Å². The number of para-hydroxylation sites is 1. The van der Waals surface area contributed by atoms with Gasteiger partial charge in [0, 0.05) is 37.9 Å². The number of ether oxygens (including phenoxy) is 1. The highest BCUT2D eigenvalue weighted by Gasteiger charge is 2.49. The highest BCUT2D eigenvalue weighted by atomic mass is 19.3. The number of aliphatic hydroxyl groups is 1. The second kappa shape index (κ2) is 9.63. The van der Waals surface area contributed by atoms with Crippen molar-refractivity contribution in [1.29, 1.82) is 0 Å². The molecule has 1 aliphatic heterocycles. The Balaban J connectivity index is 1.53. The quantitative estimate of drug-likeness (QED) is 0.591. The van der Waals surface area contributed by atoms with E-state index in [0.29, 0.717) is 0 Å². The molecule has 2 fully saturated rings. The van der Waals surface area contributed by atoms with Gasteiger partial charge in [-0.2, -0.15) is 0 Å². The monoisotopic (exact) mass is 478 g/mol. The molecule has 0 aromatic heterocycles. The fraction of sp³-hybridized carbons (Fsp3) is 0.417. The van der Waals surface area contributed by atoms with Crippen LogP contribution in [0.15, 0.2) is 48.5 Å². The Kier molecular flexibility index (Phi) is 6.81. The van der Waals surface area contributed by atoms with Crippen LogP contribution in [0.25, 0.3) is 0 Å². The fourth-order valence-corrected chi connectivity index (χ4v) is 4.59.